The summed E-state index contributed by atoms with van der Waals surface area (Å²) in [5.74, 6) is -0.0422. The van der Waals surface area contributed by atoms with Crippen molar-refractivity contribution in [1.29, 1.82) is 5.41 Å². The molecule has 2 heterocycles. The van der Waals surface area contributed by atoms with E-state index in [2.05, 4.69) is 4.90 Å². The Morgan fingerprint density at radius 3 is 2.70 bits per heavy atom. The fourth-order valence-corrected chi connectivity index (χ4v) is 5.51. The Kier molecular flexibility index (Phi) is 3.73. The van der Waals surface area contributed by atoms with E-state index in [1.807, 2.05) is 37.4 Å². The summed E-state index contributed by atoms with van der Waals surface area (Å²) in [4.78, 5) is 18.7. The third-order valence-electron chi connectivity index (χ3n) is 4.33. The number of benzene rings is 1. The lowest BCUT2D eigenvalue weighted by Gasteiger charge is -2.18. The quantitative estimate of drug-likeness (QED) is 0.826. The first-order valence-corrected chi connectivity index (χ1v) is 9.28. The van der Waals surface area contributed by atoms with Crippen LogP contribution in [0.1, 0.15) is 24.8 Å². The fraction of sp³-hybridized carbons (Fsp3) is 0.294. The molecule has 0 aromatic heterocycles. The van der Waals surface area contributed by atoms with E-state index in [9.17, 15) is 4.79 Å². The summed E-state index contributed by atoms with van der Waals surface area (Å²) in [6, 6.07) is 9.86. The molecule has 0 radical (unpaired) electrons. The number of thioether (sulfide) groups is 2. The lowest BCUT2D eigenvalue weighted by Crippen LogP contribution is -2.28. The minimum absolute atomic E-state index is 0.0422. The number of amidine groups is 1. The van der Waals surface area contributed by atoms with Gasteiger partial charge in [-0.3, -0.25) is 15.1 Å². The number of carbonyl (C=O) groups is 1. The van der Waals surface area contributed by atoms with Gasteiger partial charge in [0.05, 0.1) is 11.6 Å². The van der Waals surface area contributed by atoms with Gasteiger partial charge in [-0.25, -0.2) is 0 Å². The summed E-state index contributed by atoms with van der Waals surface area (Å²) < 4.78 is 0. The number of nitrogens with zero attached hydrogens (tertiary/aromatic N) is 2. The Labute approximate surface area is 144 Å². The molecule has 23 heavy (non-hydrogen) atoms. The second kappa shape index (κ2) is 5.76. The van der Waals surface area contributed by atoms with E-state index in [4.69, 9.17) is 5.41 Å². The monoisotopic (exact) mass is 343 g/mol. The predicted molar refractivity (Wildman–Crippen MR) is 95.6 cm³/mol. The van der Waals surface area contributed by atoms with Crippen LogP contribution in [0.15, 0.2) is 50.9 Å². The van der Waals surface area contributed by atoms with Gasteiger partial charge in [0.1, 0.15) is 4.91 Å². The average molecular weight is 343 g/mol. The molecule has 2 aliphatic heterocycles. The number of carbonyl (C=O) groups excluding carboxylic acids is 1. The lowest BCUT2D eigenvalue weighted by atomic mass is 10.2. The SMILES string of the molecule is CN1C2=C(CCC2)S/C1=C1\SC(=N)N(Cc2ccccc2)C1=O. The van der Waals surface area contributed by atoms with Gasteiger partial charge in [-0.15, -0.1) is 0 Å². The van der Waals surface area contributed by atoms with Crippen molar-refractivity contribution in [2.45, 2.75) is 25.8 Å². The molecule has 1 aliphatic carbocycles. The molecular weight excluding hydrogens is 326 g/mol. The van der Waals surface area contributed by atoms with E-state index in [0.717, 1.165) is 23.4 Å². The minimum Gasteiger partial charge on any atom is -0.341 e. The Morgan fingerprint density at radius 2 is 1.96 bits per heavy atom. The first-order chi connectivity index (χ1) is 11.1. The summed E-state index contributed by atoms with van der Waals surface area (Å²) in [6.07, 6.45) is 3.42. The Bertz CT molecular complexity index is 754. The molecule has 1 N–H and O–H groups in total. The molecular formula is C17H17N3OS2. The van der Waals surface area contributed by atoms with Crippen LogP contribution in [0.3, 0.4) is 0 Å². The van der Waals surface area contributed by atoms with Gasteiger partial charge in [0.25, 0.3) is 5.91 Å². The molecule has 3 aliphatic rings. The molecule has 0 unspecified atom stereocenters. The normalized spacial score (nSPS) is 24.2. The topological polar surface area (TPSA) is 47.4 Å². The molecule has 1 aromatic carbocycles. The fourth-order valence-electron chi connectivity index (χ4n) is 3.13. The summed E-state index contributed by atoms with van der Waals surface area (Å²) >= 11 is 3.01. The van der Waals surface area contributed by atoms with Crippen LogP contribution >= 0.6 is 23.5 Å². The van der Waals surface area contributed by atoms with E-state index in [1.165, 1.54) is 28.8 Å². The second-order valence-electron chi connectivity index (χ2n) is 5.80. The van der Waals surface area contributed by atoms with Crippen LogP contribution in [0, 0.1) is 5.41 Å². The van der Waals surface area contributed by atoms with Crippen molar-refractivity contribution in [3.05, 3.63) is 56.4 Å². The van der Waals surface area contributed by atoms with Gasteiger partial charge >= 0.3 is 0 Å². The van der Waals surface area contributed by atoms with Crippen LogP contribution in [-0.2, 0) is 11.3 Å². The second-order valence-corrected chi connectivity index (χ2v) is 7.89. The molecule has 6 heteroatoms. The highest BCUT2D eigenvalue weighted by molar-refractivity contribution is 8.19. The molecule has 1 amide bonds. The maximum absolute atomic E-state index is 12.8. The third kappa shape index (κ3) is 2.50. The number of hydrogen-bond acceptors (Lipinski definition) is 5. The summed E-state index contributed by atoms with van der Waals surface area (Å²) in [7, 11) is 2.04. The van der Waals surface area contributed by atoms with Gasteiger partial charge in [0, 0.05) is 17.6 Å². The number of allylic oxidation sites excluding steroid dienone is 2. The Morgan fingerprint density at radius 1 is 1.17 bits per heavy atom. The summed E-state index contributed by atoms with van der Waals surface area (Å²) in [6.45, 7) is 0.462. The lowest BCUT2D eigenvalue weighted by molar-refractivity contribution is -0.122. The molecule has 0 spiro atoms. The van der Waals surface area contributed by atoms with Crippen molar-refractivity contribution in [1.82, 2.24) is 9.80 Å². The van der Waals surface area contributed by atoms with Crippen LogP contribution in [0.4, 0.5) is 0 Å². The van der Waals surface area contributed by atoms with Crippen LogP contribution in [-0.4, -0.2) is 27.9 Å². The minimum atomic E-state index is -0.0422. The van der Waals surface area contributed by atoms with Crippen molar-refractivity contribution in [3.63, 3.8) is 0 Å². The number of amides is 1. The standard InChI is InChI=1S/C17H17N3OS2/c1-19-12-8-5-9-13(12)22-16(19)14-15(21)20(17(18)23-14)10-11-6-3-2-4-7-11/h2-4,6-7,18H,5,8-10H2,1H3/b16-14-,18-17?. The zero-order valence-corrected chi connectivity index (χ0v) is 14.5. The van der Waals surface area contributed by atoms with Gasteiger partial charge < -0.3 is 4.90 Å². The molecule has 0 bridgehead atoms. The third-order valence-corrected chi connectivity index (χ3v) is 6.80. The van der Waals surface area contributed by atoms with E-state index in [0.29, 0.717) is 16.6 Å². The molecule has 1 saturated heterocycles. The van der Waals surface area contributed by atoms with Crippen molar-refractivity contribution >= 4 is 34.6 Å². The van der Waals surface area contributed by atoms with Crippen LogP contribution < -0.4 is 0 Å². The van der Waals surface area contributed by atoms with E-state index < -0.39 is 0 Å². The zero-order chi connectivity index (χ0) is 16.0. The average Bonchev–Trinajstić information content (AvgIpc) is 3.20. The van der Waals surface area contributed by atoms with Gasteiger partial charge in [-0.2, -0.15) is 0 Å². The summed E-state index contributed by atoms with van der Waals surface area (Å²) in [5, 5.41) is 9.52. The van der Waals surface area contributed by atoms with E-state index in [1.54, 1.807) is 16.7 Å². The smallest absolute Gasteiger partial charge is 0.269 e. The van der Waals surface area contributed by atoms with Crippen LogP contribution in [0.25, 0.3) is 0 Å². The van der Waals surface area contributed by atoms with Gasteiger partial charge in [0.15, 0.2) is 5.17 Å². The molecule has 4 nitrogen and oxygen atoms in total. The van der Waals surface area contributed by atoms with Gasteiger partial charge in [0.2, 0.25) is 0 Å². The van der Waals surface area contributed by atoms with Crippen molar-refractivity contribution in [3.8, 4) is 0 Å². The molecule has 1 aromatic rings. The van der Waals surface area contributed by atoms with E-state index in [-0.39, 0.29) is 5.91 Å². The van der Waals surface area contributed by atoms with Gasteiger partial charge in [-0.05, 0) is 36.6 Å². The molecule has 118 valence electrons. The molecule has 1 fully saturated rings. The predicted octanol–water partition coefficient (Wildman–Crippen LogP) is 3.94. The molecule has 4 rings (SSSR count). The highest BCUT2D eigenvalue weighted by atomic mass is 32.2. The summed E-state index contributed by atoms with van der Waals surface area (Å²) in [5.41, 5.74) is 2.41. The highest BCUT2D eigenvalue weighted by Crippen LogP contribution is 2.51. The maximum atomic E-state index is 12.8. The zero-order valence-electron chi connectivity index (χ0n) is 12.8. The Hall–Kier alpha value is -1.66. The van der Waals surface area contributed by atoms with E-state index >= 15 is 0 Å². The van der Waals surface area contributed by atoms with Gasteiger partial charge in [-0.1, -0.05) is 42.1 Å². The number of hydrogen-bond donors (Lipinski definition) is 1. The molecule has 0 atom stereocenters. The van der Waals surface area contributed by atoms with Crippen molar-refractivity contribution < 1.29 is 4.79 Å². The number of rotatable bonds is 2. The number of nitrogens with one attached hydrogen (secondary N) is 1. The molecule has 0 saturated carbocycles. The van der Waals surface area contributed by atoms with Crippen molar-refractivity contribution in [2.24, 2.45) is 0 Å². The first kappa shape index (κ1) is 14.9. The Balaban J connectivity index is 1.60. The van der Waals surface area contributed by atoms with Crippen LogP contribution in [0.2, 0.25) is 0 Å². The first-order valence-electron chi connectivity index (χ1n) is 7.65. The largest absolute Gasteiger partial charge is 0.341 e. The van der Waals surface area contributed by atoms with Crippen LogP contribution in [0.5, 0.6) is 0 Å². The highest BCUT2D eigenvalue weighted by Gasteiger charge is 2.39. The maximum Gasteiger partial charge on any atom is 0.269 e. The van der Waals surface area contributed by atoms with Crippen molar-refractivity contribution in [2.75, 3.05) is 7.05 Å².